The molecule has 0 bridgehead atoms. The van der Waals surface area contributed by atoms with Gasteiger partial charge in [-0.25, -0.2) is 14.8 Å². The van der Waals surface area contributed by atoms with Crippen LogP contribution in [0.1, 0.15) is 33.0 Å². The van der Waals surface area contributed by atoms with Gasteiger partial charge >= 0.3 is 6.09 Å². The minimum atomic E-state index is -0.495. The predicted molar refractivity (Wildman–Crippen MR) is 103 cm³/mol. The monoisotopic (exact) mass is 355 g/mol. The number of amides is 1. The molecule has 3 rings (SSSR count). The molecule has 2 heterocycles. The average Bonchev–Trinajstić information content (AvgIpc) is 2.88. The maximum Gasteiger partial charge on any atom is 0.407 e. The number of fused-ring (bicyclic) bond motifs is 3. The Labute approximate surface area is 152 Å². The molecule has 0 aliphatic rings. The predicted octanol–water partition coefficient (Wildman–Crippen LogP) is 3.39. The van der Waals surface area contributed by atoms with Crippen LogP contribution in [-0.2, 0) is 11.3 Å². The van der Waals surface area contributed by atoms with Crippen molar-refractivity contribution in [2.45, 2.75) is 46.3 Å². The maximum atomic E-state index is 11.7. The molecule has 0 spiro atoms. The Hall–Kier alpha value is -2.83. The van der Waals surface area contributed by atoms with Gasteiger partial charge in [-0.1, -0.05) is 18.2 Å². The number of ether oxygens (including phenoxy) is 1. The van der Waals surface area contributed by atoms with Crippen LogP contribution >= 0.6 is 0 Å². The first-order valence-corrected chi connectivity index (χ1v) is 8.74. The van der Waals surface area contributed by atoms with Crippen molar-refractivity contribution in [1.29, 1.82) is 0 Å². The van der Waals surface area contributed by atoms with Crippen molar-refractivity contribution in [3.05, 3.63) is 30.1 Å². The first-order valence-electron chi connectivity index (χ1n) is 8.74. The van der Waals surface area contributed by atoms with Gasteiger partial charge in [0.05, 0.1) is 11.0 Å². The topological polar surface area (TPSA) is 95.1 Å². The second kappa shape index (κ2) is 6.82. The number of anilines is 1. The van der Waals surface area contributed by atoms with E-state index in [9.17, 15) is 4.79 Å². The molecule has 7 heteroatoms. The summed E-state index contributed by atoms with van der Waals surface area (Å²) in [6.45, 7) is 8.72. The van der Waals surface area contributed by atoms with Crippen molar-refractivity contribution in [2.75, 3.05) is 12.3 Å². The van der Waals surface area contributed by atoms with Crippen molar-refractivity contribution in [3.63, 3.8) is 0 Å². The van der Waals surface area contributed by atoms with Crippen LogP contribution in [-0.4, -0.2) is 32.8 Å². The molecule has 0 unspecified atom stereocenters. The summed E-state index contributed by atoms with van der Waals surface area (Å²) in [5, 5.41) is 3.81. The Balaban J connectivity index is 1.78. The largest absolute Gasteiger partial charge is 0.444 e. The lowest BCUT2D eigenvalue weighted by molar-refractivity contribution is 0.0527. The molecule has 0 aliphatic heterocycles. The molecule has 0 fully saturated rings. The number of nitrogens with zero attached hydrogens (tertiary/aromatic N) is 3. The Morgan fingerprint density at radius 2 is 2.00 bits per heavy atom. The van der Waals surface area contributed by atoms with Gasteiger partial charge in [0, 0.05) is 18.5 Å². The third kappa shape index (κ3) is 3.71. The van der Waals surface area contributed by atoms with E-state index >= 15 is 0 Å². The van der Waals surface area contributed by atoms with E-state index in [0.717, 1.165) is 34.2 Å². The lowest BCUT2D eigenvalue weighted by Gasteiger charge is -2.19. The minimum absolute atomic E-state index is 0.399. The number of nitrogens with one attached hydrogen (secondary N) is 1. The van der Waals surface area contributed by atoms with Crippen LogP contribution in [0.4, 0.5) is 10.6 Å². The molecule has 7 nitrogen and oxygen atoms in total. The van der Waals surface area contributed by atoms with Crippen LogP contribution in [0.15, 0.2) is 24.3 Å². The number of aryl methyl sites for hydroxylation is 2. The molecule has 1 amide bonds. The van der Waals surface area contributed by atoms with E-state index in [1.54, 1.807) is 0 Å². The number of hydrogen-bond acceptors (Lipinski definition) is 5. The van der Waals surface area contributed by atoms with E-state index < -0.39 is 11.7 Å². The van der Waals surface area contributed by atoms with Crippen LogP contribution in [0.5, 0.6) is 0 Å². The first kappa shape index (κ1) is 18.0. The molecule has 0 saturated carbocycles. The van der Waals surface area contributed by atoms with Crippen LogP contribution < -0.4 is 11.1 Å². The van der Waals surface area contributed by atoms with E-state index in [2.05, 4.69) is 19.9 Å². The number of para-hydroxylation sites is 1. The van der Waals surface area contributed by atoms with Gasteiger partial charge < -0.3 is 20.4 Å². The molecule has 0 atom stereocenters. The zero-order valence-corrected chi connectivity index (χ0v) is 15.7. The van der Waals surface area contributed by atoms with Crippen molar-refractivity contribution >= 4 is 33.8 Å². The fraction of sp³-hybridized carbons (Fsp3) is 0.421. The number of benzene rings is 1. The third-order valence-electron chi connectivity index (χ3n) is 4.03. The van der Waals surface area contributed by atoms with E-state index in [-0.39, 0.29) is 0 Å². The molecule has 0 radical (unpaired) electrons. The zero-order valence-electron chi connectivity index (χ0n) is 15.7. The summed E-state index contributed by atoms with van der Waals surface area (Å²) in [5.41, 5.74) is 8.17. The third-order valence-corrected chi connectivity index (χ3v) is 4.03. The number of aromatic nitrogens is 3. The summed E-state index contributed by atoms with van der Waals surface area (Å²) in [6, 6.07) is 7.90. The van der Waals surface area contributed by atoms with E-state index in [0.29, 0.717) is 18.9 Å². The number of carbonyl (C=O) groups excluding carboxylic acids is 1. The molecule has 3 aromatic rings. The summed E-state index contributed by atoms with van der Waals surface area (Å²) >= 11 is 0. The van der Waals surface area contributed by atoms with Gasteiger partial charge in [0.2, 0.25) is 0 Å². The zero-order chi connectivity index (χ0) is 18.9. The fourth-order valence-corrected chi connectivity index (χ4v) is 2.99. The molecule has 138 valence electrons. The van der Waals surface area contributed by atoms with Crippen molar-refractivity contribution in [1.82, 2.24) is 19.9 Å². The second-order valence-electron chi connectivity index (χ2n) is 7.30. The quantitative estimate of drug-likeness (QED) is 0.700. The van der Waals surface area contributed by atoms with Crippen molar-refractivity contribution in [3.8, 4) is 0 Å². The number of rotatable bonds is 4. The smallest absolute Gasteiger partial charge is 0.407 e. The highest BCUT2D eigenvalue weighted by atomic mass is 16.6. The minimum Gasteiger partial charge on any atom is -0.444 e. The van der Waals surface area contributed by atoms with Gasteiger partial charge in [-0.3, -0.25) is 0 Å². The highest BCUT2D eigenvalue weighted by Gasteiger charge is 2.17. The first-order chi connectivity index (χ1) is 12.3. The SMILES string of the molecule is Cc1nc2c(N)nc3ccccc3c2n1CCCNC(=O)OC(C)(C)C. The lowest BCUT2D eigenvalue weighted by Crippen LogP contribution is -2.33. The van der Waals surface area contributed by atoms with Crippen LogP contribution in [0.2, 0.25) is 0 Å². The highest BCUT2D eigenvalue weighted by molar-refractivity contribution is 6.06. The van der Waals surface area contributed by atoms with Crippen LogP contribution in [0.25, 0.3) is 21.9 Å². The summed E-state index contributed by atoms with van der Waals surface area (Å²) in [4.78, 5) is 20.8. The molecule has 3 N–H and O–H groups in total. The highest BCUT2D eigenvalue weighted by Crippen LogP contribution is 2.28. The number of hydrogen-bond donors (Lipinski definition) is 2. The van der Waals surface area contributed by atoms with Crippen molar-refractivity contribution in [2.24, 2.45) is 0 Å². The molecular formula is C19H25N5O2. The molecule has 26 heavy (non-hydrogen) atoms. The number of carbonyl (C=O) groups is 1. The number of nitrogens with two attached hydrogens (primary N) is 1. The van der Waals surface area contributed by atoms with Gasteiger partial charge in [-0.2, -0.15) is 0 Å². The average molecular weight is 355 g/mol. The van der Waals surface area contributed by atoms with Crippen molar-refractivity contribution < 1.29 is 9.53 Å². The second-order valence-corrected chi connectivity index (χ2v) is 7.30. The Kier molecular flexibility index (Phi) is 4.71. The number of alkyl carbamates (subject to hydrolysis) is 1. The standard InChI is InChI=1S/C19H25N5O2/c1-12-22-15-16(13-8-5-6-9-14(13)23-17(15)20)24(12)11-7-10-21-18(25)26-19(2,3)4/h5-6,8-9H,7,10-11H2,1-4H3,(H2,20,23)(H,21,25). The van der Waals surface area contributed by atoms with Gasteiger partial charge in [0.1, 0.15) is 16.9 Å². The molecule has 2 aromatic heterocycles. The van der Waals surface area contributed by atoms with Crippen LogP contribution in [0.3, 0.4) is 0 Å². The van der Waals surface area contributed by atoms with Gasteiger partial charge in [0.25, 0.3) is 0 Å². The maximum absolute atomic E-state index is 11.7. The fourth-order valence-electron chi connectivity index (χ4n) is 2.99. The van der Waals surface area contributed by atoms with Gasteiger partial charge in [-0.15, -0.1) is 0 Å². The summed E-state index contributed by atoms with van der Waals surface area (Å²) in [6.07, 6.45) is 0.353. The summed E-state index contributed by atoms with van der Waals surface area (Å²) in [5.74, 6) is 1.31. The van der Waals surface area contributed by atoms with E-state index in [1.807, 2.05) is 52.0 Å². The molecule has 0 aliphatic carbocycles. The van der Waals surface area contributed by atoms with E-state index in [1.165, 1.54) is 0 Å². The number of imidazole rings is 1. The normalized spacial score (nSPS) is 11.8. The Morgan fingerprint density at radius 3 is 2.73 bits per heavy atom. The van der Waals surface area contributed by atoms with Gasteiger partial charge in [0.15, 0.2) is 5.82 Å². The Bertz CT molecular complexity index is 956. The lowest BCUT2D eigenvalue weighted by atomic mass is 10.2. The Morgan fingerprint density at radius 1 is 1.27 bits per heavy atom. The molecular weight excluding hydrogens is 330 g/mol. The summed E-state index contributed by atoms with van der Waals surface area (Å²) in [7, 11) is 0. The van der Waals surface area contributed by atoms with Crippen LogP contribution in [0, 0.1) is 6.92 Å². The summed E-state index contributed by atoms with van der Waals surface area (Å²) < 4.78 is 7.38. The number of pyridine rings is 1. The molecule has 1 aromatic carbocycles. The molecule has 0 saturated heterocycles. The number of nitrogen functional groups attached to an aromatic ring is 1. The van der Waals surface area contributed by atoms with Gasteiger partial charge in [-0.05, 0) is 40.2 Å². The van der Waals surface area contributed by atoms with E-state index in [4.69, 9.17) is 10.5 Å².